The van der Waals surface area contributed by atoms with Gasteiger partial charge >= 0.3 is 0 Å². The second-order valence-electron chi connectivity index (χ2n) is 6.34. The average molecular weight is 279 g/mol. The van der Waals surface area contributed by atoms with Crippen LogP contribution in [0.3, 0.4) is 0 Å². The van der Waals surface area contributed by atoms with Crippen LogP contribution in [-0.4, -0.2) is 44.3 Å². The normalized spacial score (nSPS) is 23.4. The van der Waals surface area contributed by atoms with E-state index in [1.807, 2.05) is 4.68 Å². The Hall–Kier alpha value is -0.940. The SMILES string of the molecule is CCC1(CC)CN(Cc2ncnn2C(C)C)C(C)CN1. The van der Waals surface area contributed by atoms with Crippen LogP contribution in [0.15, 0.2) is 6.33 Å². The van der Waals surface area contributed by atoms with E-state index in [2.05, 4.69) is 54.9 Å². The van der Waals surface area contributed by atoms with Crippen LogP contribution in [0.2, 0.25) is 0 Å². The van der Waals surface area contributed by atoms with Gasteiger partial charge in [0.2, 0.25) is 0 Å². The van der Waals surface area contributed by atoms with Gasteiger partial charge in [-0.1, -0.05) is 13.8 Å². The molecule has 5 nitrogen and oxygen atoms in total. The Morgan fingerprint density at radius 2 is 2.10 bits per heavy atom. The fourth-order valence-corrected chi connectivity index (χ4v) is 3.03. The molecule has 0 saturated carbocycles. The Labute approximate surface area is 122 Å². The van der Waals surface area contributed by atoms with E-state index in [9.17, 15) is 0 Å². The second-order valence-corrected chi connectivity index (χ2v) is 6.34. The molecule has 114 valence electrons. The Balaban J connectivity index is 2.12. The predicted octanol–water partition coefficient (Wildman–Crippen LogP) is 2.21. The maximum atomic E-state index is 4.46. The van der Waals surface area contributed by atoms with Crippen molar-refractivity contribution < 1.29 is 0 Å². The van der Waals surface area contributed by atoms with Crippen LogP contribution in [0.25, 0.3) is 0 Å². The van der Waals surface area contributed by atoms with Crippen LogP contribution in [0, 0.1) is 0 Å². The van der Waals surface area contributed by atoms with Crippen molar-refractivity contribution in [2.45, 2.75) is 71.6 Å². The van der Waals surface area contributed by atoms with Crippen LogP contribution in [0.5, 0.6) is 0 Å². The second kappa shape index (κ2) is 6.22. The van der Waals surface area contributed by atoms with Gasteiger partial charge in [0.05, 0.1) is 6.54 Å². The summed E-state index contributed by atoms with van der Waals surface area (Å²) in [5.41, 5.74) is 0.259. The number of nitrogens with one attached hydrogen (secondary N) is 1. The molecule has 1 aliphatic heterocycles. The summed E-state index contributed by atoms with van der Waals surface area (Å²) in [6.07, 6.45) is 4.02. The summed E-state index contributed by atoms with van der Waals surface area (Å²) >= 11 is 0. The van der Waals surface area contributed by atoms with E-state index in [4.69, 9.17) is 0 Å². The van der Waals surface area contributed by atoms with Crippen LogP contribution < -0.4 is 5.32 Å². The number of rotatable bonds is 5. The molecule has 0 aromatic carbocycles. The predicted molar refractivity (Wildman–Crippen MR) is 81.6 cm³/mol. The molecule has 0 amide bonds. The standard InChI is InChI=1S/C15H29N5/c1-6-15(7-2)10-19(13(5)8-17-15)9-14-16-11-18-20(14)12(3)4/h11-13,17H,6-10H2,1-5H3. The van der Waals surface area contributed by atoms with Gasteiger partial charge in [-0.25, -0.2) is 9.67 Å². The van der Waals surface area contributed by atoms with Crippen molar-refractivity contribution in [3.63, 3.8) is 0 Å². The lowest BCUT2D eigenvalue weighted by atomic mass is 9.89. The van der Waals surface area contributed by atoms with Gasteiger partial charge < -0.3 is 5.32 Å². The zero-order valence-electron chi connectivity index (χ0n) is 13.6. The summed E-state index contributed by atoms with van der Waals surface area (Å²) in [4.78, 5) is 7.00. The summed E-state index contributed by atoms with van der Waals surface area (Å²) in [6, 6.07) is 0.909. The van der Waals surface area contributed by atoms with Gasteiger partial charge in [0.25, 0.3) is 0 Å². The molecule has 2 rings (SSSR count). The zero-order valence-corrected chi connectivity index (χ0v) is 13.6. The number of hydrogen-bond donors (Lipinski definition) is 1. The Bertz CT molecular complexity index is 422. The molecule has 0 bridgehead atoms. The molecule has 20 heavy (non-hydrogen) atoms. The molecule has 1 aliphatic rings. The summed E-state index contributed by atoms with van der Waals surface area (Å²) in [6.45, 7) is 14.2. The first kappa shape index (κ1) is 15.4. The van der Waals surface area contributed by atoms with Crippen LogP contribution in [0.1, 0.15) is 59.3 Å². The molecule has 1 unspecified atom stereocenters. The van der Waals surface area contributed by atoms with Gasteiger partial charge in [-0.15, -0.1) is 0 Å². The van der Waals surface area contributed by atoms with Crippen molar-refractivity contribution in [1.82, 2.24) is 25.0 Å². The minimum absolute atomic E-state index is 0.259. The number of nitrogens with zero attached hydrogens (tertiary/aromatic N) is 4. The first-order chi connectivity index (χ1) is 9.51. The van der Waals surface area contributed by atoms with E-state index in [1.165, 1.54) is 12.8 Å². The lowest BCUT2D eigenvalue weighted by Gasteiger charge is -2.46. The smallest absolute Gasteiger partial charge is 0.141 e. The lowest BCUT2D eigenvalue weighted by molar-refractivity contribution is 0.0709. The summed E-state index contributed by atoms with van der Waals surface area (Å²) < 4.78 is 2.04. The first-order valence-electron chi connectivity index (χ1n) is 7.88. The van der Waals surface area contributed by atoms with Gasteiger partial charge in [0.1, 0.15) is 12.2 Å². The third-order valence-corrected chi connectivity index (χ3v) is 4.74. The minimum Gasteiger partial charge on any atom is -0.308 e. The van der Waals surface area contributed by atoms with E-state index in [-0.39, 0.29) is 5.54 Å². The van der Waals surface area contributed by atoms with Gasteiger partial charge in [-0.3, -0.25) is 4.90 Å². The topological polar surface area (TPSA) is 46.0 Å². The molecule has 0 aliphatic carbocycles. The molecular weight excluding hydrogens is 250 g/mol. The van der Waals surface area contributed by atoms with Crippen LogP contribution in [0.4, 0.5) is 0 Å². The van der Waals surface area contributed by atoms with Gasteiger partial charge in [-0.05, 0) is 33.6 Å². The van der Waals surface area contributed by atoms with Crippen LogP contribution >= 0.6 is 0 Å². The molecule has 1 saturated heterocycles. The highest BCUT2D eigenvalue weighted by atomic mass is 15.4. The summed E-state index contributed by atoms with van der Waals surface area (Å²) in [7, 11) is 0. The van der Waals surface area contributed by atoms with E-state index in [0.717, 1.165) is 25.5 Å². The number of piperazine rings is 1. The van der Waals surface area contributed by atoms with Gasteiger partial charge in [0, 0.05) is 30.7 Å². The molecule has 0 radical (unpaired) electrons. The molecule has 2 heterocycles. The Kier molecular flexibility index (Phi) is 4.81. The molecule has 1 N–H and O–H groups in total. The maximum absolute atomic E-state index is 4.46. The Morgan fingerprint density at radius 3 is 2.70 bits per heavy atom. The zero-order chi connectivity index (χ0) is 14.8. The van der Waals surface area contributed by atoms with Gasteiger partial charge in [-0.2, -0.15) is 5.10 Å². The summed E-state index contributed by atoms with van der Waals surface area (Å²) in [5.74, 6) is 1.08. The van der Waals surface area contributed by atoms with E-state index < -0.39 is 0 Å². The highest BCUT2D eigenvalue weighted by Crippen LogP contribution is 2.24. The fourth-order valence-electron chi connectivity index (χ4n) is 3.03. The maximum Gasteiger partial charge on any atom is 0.141 e. The van der Waals surface area contributed by atoms with Crippen molar-refractivity contribution >= 4 is 0 Å². The fraction of sp³-hybridized carbons (Fsp3) is 0.867. The van der Waals surface area contributed by atoms with Crippen molar-refractivity contribution in [2.75, 3.05) is 13.1 Å². The van der Waals surface area contributed by atoms with E-state index >= 15 is 0 Å². The third-order valence-electron chi connectivity index (χ3n) is 4.74. The number of aromatic nitrogens is 3. The number of hydrogen-bond acceptors (Lipinski definition) is 4. The quantitative estimate of drug-likeness (QED) is 0.897. The Morgan fingerprint density at radius 1 is 1.40 bits per heavy atom. The molecule has 1 aromatic rings. The highest BCUT2D eigenvalue weighted by molar-refractivity contribution is 4.98. The monoisotopic (exact) mass is 279 g/mol. The molecule has 5 heteroatoms. The van der Waals surface area contributed by atoms with E-state index in [0.29, 0.717) is 12.1 Å². The van der Waals surface area contributed by atoms with Crippen molar-refractivity contribution in [2.24, 2.45) is 0 Å². The molecule has 0 spiro atoms. The minimum atomic E-state index is 0.259. The average Bonchev–Trinajstić information content (AvgIpc) is 2.90. The van der Waals surface area contributed by atoms with Crippen molar-refractivity contribution in [3.05, 3.63) is 12.2 Å². The molecule has 1 aromatic heterocycles. The van der Waals surface area contributed by atoms with Crippen molar-refractivity contribution in [3.8, 4) is 0 Å². The van der Waals surface area contributed by atoms with Gasteiger partial charge in [0.15, 0.2) is 0 Å². The van der Waals surface area contributed by atoms with Crippen molar-refractivity contribution in [1.29, 1.82) is 0 Å². The third kappa shape index (κ3) is 3.04. The largest absolute Gasteiger partial charge is 0.308 e. The molecule has 1 fully saturated rings. The van der Waals surface area contributed by atoms with E-state index in [1.54, 1.807) is 6.33 Å². The molecule has 1 atom stereocenters. The lowest BCUT2D eigenvalue weighted by Crippen LogP contribution is -2.62. The first-order valence-corrected chi connectivity index (χ1v) is 7.88. The summed E-state index contributed by atoms with van der Waals surface area (Å²) in [5, 5.41) is 8.09. The highest BCUT2D eigenvalue weighted by Gasteiger charge is 2.35. The molecular formula is C15H29N5. The van der Waals surface area contributed by atoms with Crippen LogP contribution in [-0.2, 0) is 6.54 Å².